The summed E-state index contributed by atoms with van der Waals surface area (Å²) in [5, 5.41) is 2.79. The summed E-state index contributed by atoms with van der Waals surface area (Å²) in [5.74, 6) is 0.649. The Morgan fingerprint density at radius 3 is 2.74 bits per heavy atom. The Balaban J connectivity index is 1.79. The number of nitrogens with one attached hydrogen (secondary N) is 1. The predicted molar refractivity (Wildman–Crippen MR) is 103 cm³/mol. The number of hydrogen-bond donors (Lipinski definition) is 1. The van der Waals surface area contributed by atoms with Crippen molar-refractivity contribution in [2.24, 2.45) is 0 Å². The summed E-state index contributed by atoms with van der Waals surface area (Å²) in [6.45, 7) is 2.04. The second kappa shape index (κ2) is 7.48. The molecule has 2 aromatic carbocycles. The molecular weight excluding hydrogens is 368 g/mol. The van der Waals surface area contributed by atoms with E-state index in [0.29, 0.717) is 17.2 Å². The Labute approximate surface area is 158 Å². The van der Waals surface area contributed by atoms with Crippen molar-refractivity contribution < 1.29 is 22.7 Å². The fraction of sp³-hybridized carbons (Fsp3) is 0.316. The van der Waals surface area contributed by atoms with Crippen LogP contribution in [0.4, 0.5) is 5.69 Å². The normalized spacial score (nSPS) is 16.3. The molecule has 0 spiro atoms. The second-order valence-corrected chi connectivity index (χ2v) is 8.31. The van der Waals surface area contributed by atoms with Crippen molar-refractivity contribution in [2.45, 2.75) is 19.6 Å². The van der Waals surface area contributed by atoms with Gasteiger partial charge in [0, 0.05) is 12.1 Å². The third kappa shape index (κ3) is 4.16. The highest BCUT2D eigenvalue weighted by Gasteiger charge is 2.35. The molecule has 1 atom stereocenters. The summed E-state index contributed by atoms with van der Waals surface area (Å²) in [5.41, 5.74) is 2.18. The summed E-state index contributed by atoms with van der Waals surface area (Å²) >= 11 is 0. The third-order valence-electron chi connectivity index (χ3n) is 4.32. The molecule has 1 aliphatic heterocycles. The molecule has 144 valence electrons. The molecule has 0 radical (unpaired) electrons. The van der Waals surface area contributed by atoms with Gasteiger partial charge in [0.25, 0.3) is 5.91 Å². The van der Waals surface area contributed by atoms with Crippen molar-refractivity contribution in [3.8, 4) is 11.5 Å². The maximum atomic E-state index is 12.6. The van der Waals surface area contributed by atoms with Crippen LogP contribution in [0, 0.1) is 6.92 Å². The number of methoxy groups -OCH3 is 1. The first-order chi connectivity index (χ1) is 12.8. The van der Waals surface area contributed by atoms with Crippen LogP contribution in [0.2, 0.25) is 0 Å². The van der Waals surface area contributed by atoms with E-state index in [1.165, 1.54) is 4.31 Å². The number of aryl methyl sites for hydroxylation is 1. The van der Waals surface area contributed by atoms with Gasteiger partial charge < -0.3 is 14.8 Å². The number of ether oxygens (including phenoxy) is 2. The molecule has 1 amide bonds. The molecule has 3 rings (SSSR count). The van der Waals surface area contributed by atoms with Crippen LogP contribution in [-0.4, -0.2) is 40.3 Å². The Hall–Kier alpha value is -2.74. The zero-order valence-electron chi connectivity index (χ0n) is 15.4. The maximum absolute atomic E-state index is 12.6. The van der Waals surface area contributed by atoms with E-state index in [0.717, 1.165) is 17.4 Å². The lowest BCUT2D eigenvalue weighted by Crippen LogP contribution is -2.50. The molecule has 0 saturated heterocycles. The molecule has 8 heteroatoms. The fourth-order valence-corrected chi connectivity index (χ4v) is 3.86. The lowest BCUT2D eigenvalue weighted by Gasteiger charge is -2.34. The maximum Gasteiger partial charge on any atom is 0.263 e. The number of nitrogens with zero attached hydrogens (tertiary/aromatic N) is 1. The number of amides is 1. The van der Waals surface area contributed by atoms with Crippen molar-refractivity contribution in [1.82, 2.24) is 5.32 Å². The minimum absolute atomic E-state index is 0.0763. The van der Waals surface area contributed by atoms with Crippen LogP contribution in [0.1, 0.15) is 11.1 Å². The summed E-state index contributed by atoms with van der Waals surface area (Å²) in [4.78, 5) is 12.6. The smallest absolute Gasteiger partial charge is 0.263 e. The van der Waals surface area contributed by atoms with Gasteiger partial charge in [0.15, 0.2) is 6.10 Å². The molecule has 7 nitrogen and oxygen atoms in total. The largest absolute Gasteiger partial charge is 0.496 e. The summed E-state index contributed by atoms with van der Waals surface area (Å²) in [6, 6.07) is 12.6. The molecule has 0 bridgehead atoms. The third-order valence-corrected chi connectivity index (χ3v) is 5.47. The van der Waals surface area contributed by atoms with Gasteiger partial charge in [-0.05, 0) is 30.7 Å². The van der Waals surface area contributed by atoms with E-state index in [2.05, 4.69) is 5.32 Å². The summed E-state index contributed by atoms with van der Waals surface area (Å²) in [6.07, 6.45) is 0.179. The quantitative estimate of drug-likeness (QED) is 0.842. The van der Waals surface area contributed by atoms with Crippen LogP contribution < -0.4 is 19.1 Å². The molecular formula is C19H22N2O5S. The number of carbonyl (C=O) groups excluding carboxylic acids is 1. The van der Waals surface area contributed by atoms with E-state index in [4.69, 9.17) is 9.47 Å². The fourth-order valence-electron chi connectivity index (χ4n) is 2.96. The van der Waals surface area contributed by atoms with Crippen LogP contribution in [0.3, 0.4) is 0 Å². The standard InChI is InChI=1S/C19H22N2O5S/c1-13-8-9-17-15(10-13)21(27(3,23)24)12-18(26-17)19(22)20-11-14-6-4-5-7-16(14)25-2/h4-10,18H,11-12H2,1-3H3,(H,20,22)/t18-/m1/s1. The second-order valence-electron chi connectivity index (χ2n) is 6.40. The lowest BCUT2D eigenvalue weighted by atomic mass is 10.1. The van der Waals surface area contributed by atoms with Gasteiger partial charge in [-0.25, -0.2) is 8.42 Å². The van der Waals surface area contributed by atoms with Gasteiger partial charge in [0.2, 0.25) is 10.0 Å². The molecule has 27 heavy (non-hydrogen) atoms. The summed E-state index contributed by atoms with van der Waals surface area (Å²) in [7, 11) is -1.98. The Kier molecular flexibility index (Phi) is 5.27. The van der Waals surface area contributed by atoms with E-state index in [9.17, 15) is 13.2 Å². The molecule has 2 aromatic rings. The SMILES string of the molecule is COc1ccccc1CNC(=O)[C@H]1CN(S(C)(=O)=O)c2cc(C)ccc2O1. The zero-order chi connectivity index (χ0) is 19.6. The van der Waals surface area contributed by atoms with E-state index < -0.39 is 16.1 Å². The Morgan fingerprint density at radius 2 is 2.04 bits per heavy atom. The van der Waals surface area contributed by atoms with Crippen molar-refractivity contribution in [3.63, 3.8) is 0 Å². The first kappa shape index (κ1) is 19.0. The predicted octanol–water partition coefficient (Wildman–Crippen LogP) is 1.85. The van der Waals surface area contributed by atoms with Crippen LogP contribution in [0.15, 0.2) is 42.5 Å². The topological polar surface area (TPSA) is 84.9 Å². The van der Waals surface area contributed by atoms with E-state index >= 15 is 0 Å². The first-order valence-electron chi connectivity index (χ1n) is 8.44. The zero-order valence-corrected chi connectivity index (χ0v) is 16.2. The van der Waals surface area contributed by atoms with Crippen molar-refractivity contribution in [1.29, 1.82) is 0 Å². The monoisotopic (exact) mass is 390 g/mol. The van der Waals surface area contributed by atoms with Gasteiger partial charge in [-0.3, -0.25) is 9.10 Å². The molecule has 0 aliphatic carbocycles. The number of para-hydroxylation sites is 1. The Bertz CT molecular complexity index is 958. The van der Waals surface area contributed by atoms with E-state index in [-0.39, 0.29) is 19.0 Å². The number of rotatable bonds is 5. The van der Waals surface area contributed by atoms with Gasteiger partial charge in [-0.2, -0.15) is 0 Å². The average molecular weight is 390 g/mol. The lowest BCUT2D eigenvalue weighted by molar-refractivity contribution is -0.127. The van der Waals surface area contributed by atoms with Crippen LogP contribution in [0.25, 0.3) is 0 Å². The highest BCUT2D eigenvalue weighted by atomic mass is 32.2. The molecule has 1 heterocycles. The summed E-state index contributed by atoms with van der Waals surface area (Å²) < 4.78 is 36.7. The van der Waals surface area contributed by atoms with E-state index in [1.54, 1.807) is 19.2 Å². The highest BCUT2D eigenvalue weighted by Crippen LogP contribution is 2.35. The average Bonchev–Trinajstić information content (AvgIpc) is 2.64. The van der Waals surface area contributed by atoms with Crippen LogP contribution in [-0.2, 0) is 21.4 Å². The Morgan fingerprint density at radius 1 is 1.30 bits per heavy atom. The van der Waals surface area contributed by atoms with Gasteiger partial charge in [-0.15, -0.1) is 0 Å². The number of hydrogen-bond acceptors (Lipinski definition) is 5. The van der Waals surface area contributed by atoms with Gasteiger partial charge in [0.05, 0.1) is 25.6 Å². The first-order valence-corrected chi connectivity index (χ1v) is 10.3. The van der Waals surface area contributed by atoms with E-state index in [1.807, 2.05) is 37.3 Å². The number of sulfonamides is 1. The minimum atomic E-state index is -3.55. The molecule has 1 aliphatic rings. The van der Waals surface area contributed by atoms with Gasteiger partial charge in [-0.1, -0.05) is 24.3 Å². The molecule has 0 unspecified atom stereocenters. The number of anilines is 1. The van der Waals surface area contributed by atoms with Crippen LogP contribution >= 0.6 is 0 Å². The number of benzene rings is 2. The van der Waals surface area contributed by atoms with Gasteiger partial charge >= 0.3 is 0 Å². The van der Waals surface area contributed by atoms with Gasteiger partial charge in [0.1, 0.15) is 11.5 Å². The molecule has 0 aromatic heterocycles. The van der Waals surface area contributed by atoms with Crippen molar-refractivity contribution >= 4 is 21.6 Å². The molecule has 0 fully saturated rings. The van der Waals surface area contributed by atoms with Crippen molar-refractivity contribution in [2.75, 3.05) is 24.2 Å². The minimum Gasteiger partial charge on any atom is -0.496 e. The highest BCUT2D eigenvalue weighted by molar-refractivity contribution is 7.92. The number of fused-ring (bicyclic) bond motifs is 1. The molecule has 1 N–H and O–H groups in total. The number of carbonyl (C=O) groups is 1. The van der Waals surface area contributed by atoms with Crippen LogP contribution in [0.5, 0.6) is 11.5 Å². The molecule has 0 saturated carbocycles. The van der Waals surface area contributed by atoms with Crippen molar-refractivity contribution in [3.05, 3.63) is 53.6 Å².